The van der Waals surface area contributed by atoms with Crippen LogP contribution in [0.2, 0.25) is 0 Å². The number of aryl methyl sites for hydroxylation is 1. The number of nitrogens with one attached hydrogen (secondary N) is 1. The highest BCUT2D eigenvalue weighted by Gasteiger charge is 2.43. The number of aromatic hydroxyl groups is 1. The number of rotatable bonds is 9. The fourth-order valence-corrected chi connectivity index (χ4v) is 7.52. The minimum atomic E-state index is -0.836. The van der Waals surface area contributed by atoms with Gasteiger partial charge in [0.2, 0.25) is 11.8 Å². The maximum Gasteiger partial charge on any atom is 0.243 e. The molecule has 4 atom stereocenters. The largest absolute Gasteiger partial charge is 0.507 e. The highest BCUT2D eigenvalue weighted by atomic mass is 32.1. The Balaban J connectivity index is 1.08. The lowest BCUT2D eigenvalue weighted by atomic mass is 9.91. The van der Waals surface area contributed by atoms with Crippen molar-refractivity contribution in [2.75, 3.05) is 6.54 Å². The zero-order valence-electron chi connectivity index (χ0n) is 28.6. The van der Waals surface area contributed by atoms with Gasteiger partial charge in [0, 0.05) is 35.5 Å². The van der Waals surface area contributed by atoms with Crippen molar-refractivity contribution in [3.05, 3.63) is 101 Å². The van der Waals surface area contributed by atoms with Crippen molar-refractivity contribution in [1.29, 1.82) is 0 Å². The summed E-state index contributed by atoms with van der Waals surface area (Å²) >= 11 is 1.59. The fraction of sp³-hybridized carbons (Fsp3) is 0.282. The van der Waals surface area contributed by atoms with E-state index in [2.05, 4.69) is 25.7 Å². The number of hydrogen-bond donors (Lipinski definition) is 3. The Kier molecular flexibility index (Phi) is 9.37. The summed E-state index contributed by atoms with van der Waals surface area (Å²) in [7, 11) is 0. The lowest BCUT2D eigenvalue weighted by molar-refractivity contribution is -0.141. The second-order valence-electron chi connectivity index (χ2n) is 13.4. The Morgan fingerprint density at radius 2 is 1.73 bits per heavy atom. The Morgan fingerprint density at radius 1 is 0.961 bits per heavy atom. The van der Waals surface area contributed by atoms with Crippen LogP contribution in [0.1, 0.15) is 56.2 Å². The summed E-state index contributed by atoms with van der Waals surface area (Å²) in [6.07, 6.45) is -0.688. The number of aromatic nitrogens is 4. The van der Waals surface area contributed by atoms with Gasteiger partial charge in [0.1, 0.15) is 29.2 Å². The van der Waals surface area contributed by atoms with E-state index in [1.807, 2.05) is 87.8 Å². The number of thiazole rings is 1. The van der Waals surface area contributed by atoms with Gasteiger partial charge in [-0.25, -0.2) is 4.98 Å². The number of nitrogens with zero attached hydrogens (tertiary/aromatic N) is 5. The number of aliphatic hydroxyl groups is 1. The molecule has 0 saturated carbocycles. The second-order valence-corrected chi connectivity index (χ2v) is 14.2. The molecular formula is C39H38N6O5S. The molecule has 2 amide bonds. The number of phenols is 1. The quantitative estimate of drug-likeness (QED) is 0.150. The van der Waals surface area contributed by atoms with Crippen LogP contribution in [0.3, 0.4) is 0 Å². The minimum Gasteiger partial charge on any atom is -0.507 e. The SMILES string of the molecule is Cc1ncsc1-c1ccc(C(C)NC(=O)[C@@H]2C[C@@H](O)CN2C(=O)C(c2cc(-c3ccc4nnc(-c5ccccc5O)cc4c3)no2)C(C)C)cc1. The van der Waals surface area contributed by atoms with Gasteiger partial charge in [0.25, 0.3) is 0 Å². The normalized spacial score (nSPS) is 17.2. The first kappa shape index (κ1) is 34.0. The van der Waals surface area contributed by atoms with Crippen LogP contribution in [-0.2, 0) is 9.59 Å². The molecule has 1 fully saturated rings. The Bertz CT molecular complexity index is 2210. The lowest BCUT2D eigenvalue weighted by Crippen LogP contribution is -2.48. The molecule has 11 nitrogen and oxygen atoms in total. The standard InChI is InChI=1S/C39H38N6O5S/c1-21(2)36(35-18-31(44-50-35)26-13-14-30-27(15-26)16-32(43-42-30)29-7-5-6-8-34(29)47)39(49)45-19-28(46)17-33(45)38(48)41-22(3)24-9-11-25(12-10-24)37-23(4)40-20-51-37/h5-16,18,20-22,28,33,36,46-47H,17,19H2,1-4H3,(H,41,48)/t22?,28-,33+,36?/m1/s1. The van der Waals surface area contributed by atoms with Gasteiger partial charge in [0.05, 0.1) is 39.4 Å². The number of para-hydroxylation sites is 1. The molecule has 3 N–H and O–H groups in total. The third-order valence-electron chi connectivity index (χ3n) is 9.47. The molecule has 51 heavy (non-hydrogen) atoms. The summed E-state index contributed by atoms with van der Waals surface area (Å²) in [4.78, 5) is 34.8. The van der Waals surface area contributed by atoms with Crippen LogP contribution in [0, 0.1) is 12.8 Å². The van der Waals surface area contributed by atoms with Crippen molar-refractivity contribution in [3.8, 4) is 38.7 Å². The zero-order chi connectivity index (χ0) is 35.8. The molecule has 4 heterocycles. The lowest BCUT2D eigenvalue weighted by Gasteiger charge is -2.29. The van der Waals surface area contributed by atoms with Gasteiger partial charge in [-0.1, -0.05) is 61.5 Å². The molecule has 0 spiro atoms. The maximum atomic E-state index is 14.2. The molecule has 0 radical (unpaired) electrons. The molecule has 2 unspecified atom stereocenters. The van der Waals surface area contributed by atoms with E-state index in [0.29, 0.717) is 28.2 Å². The average molecular weight is 703 g/mol. The van der Waals surface area contributed by atoms with Crippen molar-refractivity contribution < 1.29 is 24.3 Å². The number of likely N-dealkylation sites (tertiary alicyclic amines) is 1. The molecule has 12 heteroatoms. The number of aliphatic hydroxyl groups excluding tert-OH is 1. The second kappa shape index (κ2) is 14.0. The van der Waals surface area contributed by atoms with Crippen LogP contribution in [-0.4, -0.2) is 66.0 Å². The van der Waals surface area contributed by atoms with Gasteiger partial charge < -0.3 is 25.0 Å². The summed E-state index contributed by atoms with van der Waals surface area (Å²) in [5, 5.41) is 37.8. The molecule has 0 bridgehead atoms. The van der Waals surface area contributed by atoms with E-state index in [0.717, 1.165) is 32.6 Å². The third kappa shape index (κ3) is 6.84. The van der Waals surface area contributed by atoms with E-state index >= 15 is 0 Å². The van der Waals surface area contributed by atoms with E-state index in [4.69, 9.17) is 4.52 Å². The van der Waals surface area contributed by atoms with Gasteiger partial charge in [-0.2, -0.15) is 0 Å². The molecular weight excluding hydrogens is 665 g/mol. The molecule has 3 aromatic heterocycles. The van der Waals surface area contributed by atoms with Crippen LogP contribution in [0.25, 0.3) is 43.9 Å². The first-order chi connectivity index (χ1) is 24.6. The van der Waals surface area contributed by atoms with E-state index in [9.17, 15) is 19.8 Å². The molecule has 1 saturated heterocycles. The van der Waals surface area contributed by atoms with E-state index in [-0.39, 0.29) is 42.5 Å². The van der Waals surface area contributed by atoms with E-state index in [1.165, 1.54) is 4.90 Å². The summed E-state index contributed by atoms with van der Waals surface area (Å²) in [6.45, 7) is 7.76. The topological polar surface area (TPSA) is 155 Å². The van der Waals surface area contributed by atoms with Crippen LogP contribution < -0.4 is 5.32 Å². The first-order valence-electron chi connectivity index (χ1n) is 16.9. The molecule has 1 aliphatic rings. The van der Waals surface area contributed by atoms with Crippen molar-refractivity contribution in [2.45, 2.75) is 58.2 Å². The van der Waals surface area contributed by atoms with Gasteiger partial charge in [-0.05, 0) is 61.2 Å². The number of benzene rings is 3. The maximum absolute atomic E-state index is 14.2. The Labute approximate surface area is 299 Å². The zero-order valence-corrected chi connectivity index (χ0v) is 29.5. The number of carbonyl (C=O) groups is 2. The van der Waals surface area contributed by atoms with Crippen LogP contribution in [0.5, 0.6) is 5.75 Å². The summed E-state index contributed by atoms with van der Waals surface area (Å²) in [6, 6.07) is 23.0. The number of β-amino-alcohol motifs (C(OH)–C–C–N with tert-alkyl or cyclic N) is 1. The van der Waals surface area contributed by atoms with Gasteiger partial charge in [-0.3, -0.25) is 9.59 Å². The number of fused-ring (bicyclic) bond motifs is 1. The van der Waals surface area contributed by atoms with Gasteiger partial charge in [0.15, 0.2) is 0 Å². The van der Waals surface area contributed by atoms with Crippen molar-refractivity contribution in [1.82, 2.24) is 30.6 Å². The van der Waals surface area contributed by atoms with Crippen molar-refractivity contribution in [2.24, 2.45) is 5.92 Å². The van der Waals surface area contributed by atoms with Crippen molar-refractivity contribution in [3.63, 3.8) is 0 Å². The smallest absolute Gasteiger partial charge is 0.243 e. The Hall–Kier alpha value is -5.46. The van der Waals surface area contributed by atoms with Gasteiger partial charge >= 0.3 is 0 Å². The number of hydrogen-bond acceptors (Lipinski definition) is 10. The summed E-state index contributed by atoms with van der Waals surface area (Å²) in [5.74, 6) is -1.06. The average Bonchev–Trinajstić information content (AvgIpc) is 3.88. The van der Waals surface area contributed by atoms with Crippen LogP contribution in [0.4, 0.5) is 0 Å². The van der Waals surface area contributed by atoms with Crippen molar-refractivity contribution >= 4 is 34.1 Å². The summed E-state index contributed by atoms with van der Waals surface area (Å²) < 4.78 is 5.81. The number of carbonyl (C=O) groups excluding carboxylic acids is 2. The number of amides is 2. The molecule has 0 aliphatic carbocycles. The first-order valence-corrected chi connectivity index (χ1v) is 17.8. The predicted octanol–water partition coefficient (Wildman–Crippen LogP) is 6.67. The fourth-order valence-electron chi connectivity index (χ4n) is 6.71. The van der Waals surface area contributed by atoms with Crippen LogP contribution >= 0.6 is 11.3 Å². The molecule has 7 rings (SSSR count). The molecule has 1 aliphatic heterocycles. The van der Waals surface area contributed by atoms with E-state index in [1.54, 1.807) is 35.6 Å². The monoisotopic (exact) mass is 702 g/mol. The van der Waals surface area contributed by atoms with E-state index < -0.39 is 18.1 Å². The Morgan fingerprint density at radius 3 is 2.45 bits per heavy atom. The predicted molar refractivity (Wildman–Crippen MR) is 195 cm³/mol. The highest BCUT2D eigenvalue weighted by molar-refractivity contribution is 7.13. The minimum absolute atomic E-state index is 0.0451. The van der Waals surface area contributed by atoms with Gasteiger partial charge in [-0.15, -0.1) is 21.5 Å². The molecule has 260 valence electrons. The highest BCUT2D eigenvalue weighted by Crippen LogP contribution is 2.35. The third-order valence-corrected chi connectivity index (χ3v) is 10.4. The van der Waals surface area contributed by atoms with Crippen LogP contribution in [0.15, 0.2) is 88.9 Å². The molecule has 6 aromatic rings. The number of phenolic OH excluding ortho intramolecular Hbond substituents is 1. The summed E-state index contributed by atoms with van der Waals surface area (Å²) in [5.41, 5.74) is 7.86. The molecule has 3 aromatic carbocycles.